The SMILES string of the molecule is Cc1cc(C)c2c(c1)N[C@@H](c1ccc(S(=O)(=O)N3CCOCC3)cc1)[C@H]1CC=C[C@H]21. The summed E-state index contributed by atoms with van der Waals surface area (Å²) in [4.78, 5) is 0.358. The number of sulfonamides is 1. The van der Waals surface area contributed by atoms with Crippen molar-refractivity contribution in [2.75, 3.05) is 31.6 Å². The van der Waals surface area contributed by atoms with Crippen molar-refractivity contribution in [3.05, 3.63) is 70.8 Å². The van der Waals surface area contributed by atoms with E-state index < -0.39 is 10.0 Å². The van der Waals surface area contributed by atoms with Gasteiger partial charge in [-0.1, -0.05) is 30.4 Å². The molecule has 0 saturated carbocycles. The molecule has 2 aromatic carbocycles. The van der Waals surface area contributed by atoms with Crippen molar-refractivity contribution in [3.8, 4) is 0 Å². The summed E-state index contributed by atoms with van der Waals surface area (Å²) in [7, 11) is -3.47. The molecule has 1 N–H and O–H groups in total. The molecule has 5 rings (SSSR count). The van der Waals surface area contributed by atoms with Gasteiger partial charge in [0.2, 0.25) is 10.0 Å². The van der Waals surface area contributed by atoms with Crippen molar-refractivity contribution in [3.63, 3.8) is 0 Å². The third-order valence-corrected chi connectivity index (χ3v) is 8.58. The fourth-order valence-corrected chi connectivity index (χ4v) is 6.66. The quantitative estimate of drug-likeness (QED) is 0.752. The van der Waals surface area contributed by atoms with Crippen LogP contribution in [0.1, 0.15) is 40.6 Å². The second kappa shape index (κ2) is 7.52. The summed E-state index contributed by atoms with van der Waals surface area (Å²) in [6.07, 6.45) is 5.66. The summed E-state index contributed by atoms with van der Waals surface area (Å²) in [5.41, 5.74) is 6.34. The van der Waals surface area contributed by atoms with Gasteiger partial charge < -0.3 is 10.1 Å². The minimum Gasteiger partial charge on any atom is -0.379 e. The topological polar surface area (TPSA) is 58.6 Å². The van der Waals surface area contributed by atoms with Gasteiger partial charge in [-0.25, -0.2) is 8.42 Å². The third-order valence-electron chi connectivity index (χ3n) is 6.66. The summed E-state index contributed by atoms with van der Waals surface area (Å²) < 4.78 is 32.7. The van der Waals surface area contributed by atoms with E-state index in [0.717, 1.165) is 12.0 Å². The van der Waals surface area contributed by atoms with Gasteiger partial charge in [-0.2, -0.15) is 4.31 Å². The Labute approximate surface area is 178 Å². The van der Waals surface area contributed by atoms with Gasteiger partial charge in [-0.3, -0.25) is 0 Å². The number of aryl methyl sites for hydroxylation is 2. The maximum atomic E-state index is 12.9. The van der Waals surface area contributed by atoms with Crippen LogP contribution in [0.25, 0.3) is 0 Å². The number of anilines is 1. The number of allylic oxidation sites excluding steroid dienone is 2. The minimum absolute atomic E-state index is 0.166. The first-order valence-corrected chi connectivity index (χ1v) is 12.1. The molecule has 0 aromatic heterocycles. The van der Waals surface area contributed by atoms with Crippen LogP contribution in [-0.4, -0.2) is 39.0 Å². The Morgan fingerprint density at radius 3 is 2.53 bits per heavy atom. The number of nitrogens with one attached hydrogen (secondary N) is 1. The van der Waals surface area contributed by atoms with E-state index in [0.29, 0.717) is 43.0 Å². The van der Waals surface area contributed by atoms with Gasteiger partial charge in [0.15, 0.2) is 0 Å². The Morgan fingerprint density at radius 2 is 1.80 bits per heavy atom. The number of morpholine rings is 1. The van der Waals surface area contributed by atoms with Crippen LogP contribution < -0.4 is 5.32 Å². The lowest BCUT2D eigenvalue weighted by Crippen LogP contribution is -2.40. The van der Waals surface area contributed by atoms with Crippen LogP contribution >= 0.6 is 0 Å². The average molecular weight is 425 g/mol. The molecule has 3 aliphatic rings. The fraction of sp³-hybridized carbons (Fsp3) is 0.417. The molecule has 158 valence electrons. The Bertz CT molecular complexity index is 1090. The lowest BCUT2D eigenvalue weighted by Gasteiger charge is -2.38. The largest absolute Gasteiger partial charge is 0.379 e. The number of benzene rings is 2. The summed E-state index contributed by atoms with van der Waals surface area (Å²) in [6, 6.07) is 12.1. The molecular formula is C24H28N2O3S. The van der Waals surface area contributed by atoms with E-state index in [1.165, 1.54) is 26.7 Å². The Morgan fingerprint density at radius 1 is 1.07 bits per heavy atom. The van der Waals surface area contributed by atoms with Crippen molar-refractivity contribution < 1.29 is 13.2 Å². The van der Waals surface area contributed by atoms with Crippen molar-refractivity contribution in [1.29, 1.82) is 0 Å². The monoisotopic (exact) mass is 424 g/mol. The van der Waals surface area contributed by atoms with E-state index in [-0.39, 0.29) is 6.04 Å². The highest BCUT2D eigenvalue weighted by atomic mass is 32.2. The molecule has 5 nitrogen and oxygen atoms in total. The summed E-state index contributed by atoms with van der Waals surface area (Å²) in [5.74, 6) is 0.851. The Kier molecular flexibility index (Phi) is 4.96. The van der Waals surface area contributed by atoms with Crippen molar-refractivity contribution in [1.82, 2.24) is 4.31 Å². The van der Waals surface area contributed by atoms with Crippen LogP contribution in [0.3, 0.4) is 0 Å². The number of nitrogens with zero attached hydrogens (tertiary/aromatic N) is 1. The Balaban J connectivity index is 1.46. The number of hydrogen-bond acceptors (Lipinski definition) is 4. The predicted octanol–water partition coefficient (Wildman–Crippen LogP) is 4.15. The van der Waals surface area contributed by atoms with E-state index in [1.54, 1.807) is 12.1 Å². The zero-order valence-electron chi connectivity index (χ0n) is 17.5. The maximum absolute atomic E-state index is 12.9. The van der Waals surface area contributed by atoms with Crippen LogP contribution in [0.5, 0.6) is 0 Å². The van der Waals surface area contributed by atoms with Crippen molar-refractivity contribution >= 4 is 15.7 Å². The highest BCUT2D eigenvalue weighted by Gasteiger charge is 2.39. The fourth-order valence-electron chi connectivity index (χ4n) is 5.25. The molecule has 2 aliphatic heterocycles. The van der Waals surface area contributed by atoms with E-state index >= 15 is 0 Å². The number of fused-ring (bicyclic) bond motifs is 3. The lowest BCUT2D eigenvalue weighted by molar-refractivity contribution is 0.0730. The Hall–Kier alpha value is -2.15. The summed E-state index contributed by atoms with van der Waals surface area (Å²) in [6.45, 7) is 6.07. The zero-order valence-corrected chi connectivity index (χ0v) is 18.3. The van der Waals surface area contributed by atoms with Crippen LogP contribution in [-0.2, 0) is 14.8 Å². The van der Waals surface area contributed by atoms with Crippen LogP contribution in [0, 0.1) is 19.8 Å². The van der Waals surface area contributed by atoms with Gasteiger partial charge in [0.05, 0.1) is 24.2 Å². The van der Waals surface area contributed by atoms with E-state index in [2.05, 4.69) is 43.4 Å². The summed E-state index contributed by atoms with van der Waals surface area (Å²) in [5, 5.41) is 3.77. The van der Waals surface area contributed by atoms with Crippen molar-refractivity contribution in [2.45, 2.75) is 37.1 Å². The highest BCUT2D eigenvalue weighted by molar-refractivity contribution is 7.89. The number of ether oxygens (including phenoxy) is 1. The molecule has 0 unspecified atom stereocenters. The normalized spacial score (nSPS) is 26.1. The number of hydrogen-bond donors (Lipinski definition) is 1. The highest BCUT2D eigenvalue weighted by Crippen LogP contribution is 2.51. The first-order chi connectivity index (χ1) is 14.4. The molecule has 1 aliphatic carbocycles. The van der Waals surface area contributed by atoms with Gasteiger partial charge in [-0.15, -0.1) is 0 Å². The average Bonchev–Trinajstić information content (AvgIpc) is 3.23. The van der Waals surface area contributed by atoms with Crippen LogP contribution in [0.2, 0.25) is 0 Å². The van der Waals surface area contributed by atoms with Gasteiger partial charge in [-0.05, 0) is 66.6 Å². The van der Waals surface area contributed by atoms with Crippen LogP contribution in [0.15, 0.2) is 53.4 Å². The van der Waals surface area contributed by atoms with Gasteiger partial charge >= 0.3 is 0 Å². The molecule has 2 aromatic rings. The van der Waals surface area contributed by atoms with E-state index in [9.17, 15) is 8.42 Å². The molecule has 0 amide bonds. The number of rotatable bonds is 3. The maximum Gasteiger partial charge on any atom is 0.243 e. The predicted molar refractivity (Wildman–Crippen MR) is 118 cm³/mol. The lowest BCUT2D eigenvalue weighted by atomic mass is 9.75. The first kappa shape index (κ1) is 19.8. The molecule has 30 heavy (non-hydrogen) atoms. The van der Waals surface area contributed by atoms with E-state index in [4.69, 9.17) is 4.74 Å². The standard InChI is InChI=1S/C24H28N2O3S/c1-16-14-17(2)23-20-4-3-5-21(20)24(25-22(23)15-16)18-6-8-19(9-7-18)30(27,28)26-10-12-29-13-11-26/h3-4,6-9,14-15,20-21,24-25H,5,10-13H2,1-2H3/t20-,21-,24-/m0/s1. The second-order valence-electron chi connectivity index (χ2n) is 8.60. The molecule has 0 spiro atoms. The second-order valence-corrected chi connectivity index (χ2v) is 10.5. The molecule has 3 atom stereocenters. The van der Waals surface area contributed by atoms with Gasteiger partial charge in [0.25, 0.3) is 0 Å². The molecule has 1 saturated heterocycles. The van der Waals surface area contributed by atoms with E-state index in [1.807, 2.05) is 12.1 Å². The molecule has 2 heterocycles. The molecule has 0 bridgehead atoms. The molecule has 1 fully saturated rings. The summed E-state index contributed by atoms with van der Waals surface area (Å²) >= 11 is 0. The first-order valence-electron chi connectivity index (χ1n) is 10.7. The van der Waals surface area contributed by atoms with Crippen molar-refractivity contribution in [2.24, 2.45) is 5.92 Å². The molecule has 0 radical (unpaired) electrons. The van der Waals surface area contributed by atoms with Gasteiger partial charge in [0, 0.05) is 24.7 Å². The third kappa shape index (κ3) is 3.27. The molecular weight excluding hydrogens is 396 g/mol. The molecule has 6 heteroatoms. The smallest absolute Gasteiger partial charge is 0.243 e. The van der Waals surface area contributed by atoms with Gasteiger partial charge in [0.1, 0.15) is 0 Å². The zero-order chi connectivity index (χ0) is 20.9. The minimum atomic E-state index is -3.47. The van der Waals surface area contributed by atoms with Crippen LogP contribution in [0.4, 0.5) is 5.69 Å².